The van der Waals surface area contributed by atoms with E-state index in [1.807, 2.05) is 37.2 Å². The Morgan fingerprint density at radius 1 is 0.864 bits per heavy atom. The number of amides is 1. The van der Waals surface area contributed by atoms with Crippen molar-refractivity contribution in [3.63, 3.8) is 0 Å². The van der Waals surface area contributed by atoms with Crippen LogP contribution < -0.4 is 16.0 Å². The number of anilines is 4. The van der Waals surface area contributed by atoms with Gasteiger partial charge < -0.3 is 16.0 Å². The Labute approximate surface area is 257 Å². The molecule has 226 valence electrons. The lowest BCUT2D eigenvalue weighted by Crippen LogP contribution is -2.26. The van der Waals surface area contributed by atoms with Crippen LogP contribution in [0.3, 0.4) is 0 Å². The summed E-state index contributed by atoms with van der Waals surface area (Å²) < 4.78 is 30.1. The molecule has 3 N–H and O–H groups in total. The molecule has 10 nitrogen and oxygen atoms in total. The van der Waals surface area contributed by atoms with Gasteiger partial charge in [-0.1, -0.05) is 42.5 Å². The summed E-state index contributed by atoms with van der Waals surface area (Å²) in [5.41, 5.74) is 9.93. The molecule has 1 unspecified atom stereocenters. The van der Waals surface area contributed by atoms with Crippen molar-refractivity contribution >= 4 is 38.8 Å². The van der Waals surface area contributed by atoms with E-state index < -0.39 is 15.8 Å². The maximum Gasteiger partial charge on any atom is 0.233 e. The van der Waals surface area contributed by atoms with E-state index in [-0.39, 0.29) is 10.8 Å². The number of nitrogens with one attached hydrogen (secondary N) is 1. The fourth-order valence-electron chi connectivity index (χ4n) is 6.12. The molecule has 0 spiro atoms. The first kappa shape index (κ1) is 29.2. The van der Waals surface area contributed by atoms with Crippen LogP contribution in [0.25, 0.3) is 0 Å². The number of para-hydroxylation sites is 1. The molecule has 0 fully saturated rings. The molecule has 1 aliphatic heterocycles. The number of carbonyl (C=O) groups is 1. The Kier molecular flexibility index (Phi) is 7.73. The van der Waals surface area contributed by atoms with E-state index in [1.165, 1.54) is 11.1 Å². The van der Waals surface area contributed by atoms with Gasteiger partial charge in [-0.25, -0.2) is 8.42 Å². The van der Waals surface area contributed by atoms with Crippen molar-refractivity contribution in [2.24, 2.45) is 20.0 Å². The molecule has 0 radical (unpaired) electrons. The molecule has 11 heteroatoms. The highest BCUT2D eigenvalue weighted by Crippen LogP contribution is 2.45. The minimum absolute atomic E-state index is 0.142. The number of hydrogen-bond donors (Lipinski definition) is 2. The maximum atomic E-state index is 13.7. The zero-order valence-electron chi connectivity index (χ0n) is 24.9. The van der Waals surface area contributed by atoms with Gasteiger partial charge in [0.1, 0.15) is 5.82 Å². The Morgan fingerprint density at radius 3 is 2.11 bits per heavy atom. The quantitative estimate of drug-likeness (QED) is 0.291. The van der Waals surface area contributed by atoms with Crippen LogP contribution in [-0.4, -0.2) is 40.9 Å². The van der Waals surface area contributed by atoms with Gasteiger partial charge in [-0.2, -0.15) is 10.2 Å². The second kappa shape index (κ2) is 11.6. The van der Waals surface area contributed by atoms with Crippen LogP contribution in [0, 0.1) is 5.92 Å². The minimum atomic E-state index is -3.66. The largest absolute Gasteiger partial charge is 0.382 e. The Morgan fingerprint density at radius 2 is 1.50 bits per heavy atom. The molecule has 1 amide bonds. The third-order valence-electron chi connectivity index (χ3n) is 8.27. The Hall–Kier alpha value is -4.90. The number of rotatable bonds is 5. The summed E-state index contributed by atoms with van der Waals surface area (Å²) in [5.74, 6) is 0.785. The first-order valence-corrected chi connectivity index (χ1v) is 15.9. The smallest absolute Gasteiger partial charge is 0.233 e. The van der Waals surface area contributed by atoms with E-state index in [4.69, 9.17) is 5.73 Å². The summed E-state index contributed by atoms with van der Waals surface area (Å²) in [6.45, 7) is 0. The lowest BCUT2D eigenvalue weighted by molar-refractivity contribution is -0.118. The van der Waals surface area contributed by atoms with E-state index in [2.05, 4.69) is 39.8 Å². The average molecular weight is 610 g/mol. The number of benzene rings is 3. The van der Waals surface area contributed by atoms with Crippen LogP contribution in [-0.2, 0) is 41.6 Å². The highest BCUT2D eigenvalue weighted by molar-refractivity contribution is 7.92. The summed E-state index contributed by atoms with van der Waals surface area (Å²) in [5, 5.41) is 11.1. The molecule has 2 aromatic heterocycles. The second-order valence-corrected chi connectivity index (χ2v) is 13.3. The van der Waals surface area contributed by atoms with E-state index in [0.717, 1.165) is 18.4 Å². The van der Waals surface area contributed by atoms with Crippen LogP contribution in [0.5, 0.6) is 0 Å². The molecular formula is C33H35N7O3S. The number of fused-ring (bicyclic) bond motifs is 3. The van der Waals surface area contributed by atoms with E-state index in [9.17, 15) is 13.2 Å². The van der Waals surface area contributed by atoms with Crippen molar-refractivity contribution in [1.82, 2.24) is 19.6 Å². The van der Waals surface area contributed by atoms with Gasteiger partial charge in [-0.15, -0.1) is 0 Å². The molecule has 5 aromatic rings. The lowest BCUT2D eigenvalue weighted by Gasteiger charge is -2.31. The number of aryl methyl sites for hydroxylation is 2. The van der Waals surface area contributed by atoms with Gasteiger partial charge in [-0.05, 0) is 72.2 Å². The summed E-state index contributed by atoms with van der Waals surface area (Å²) in [4.78, 5) is 16.1. The van der Waals surface area contributed by atoms with Crippen molar-refractivity contribution in [3.8, 4) is 0 Å². The predicted octanol–water partition coefficient (Wildman–Crippen LogP) is 4.86. The summed E-state index contributed by atoms with van der Waals surface area (Å²) in [6, 6.07) is 24.3. The van der Waals surface area contributed by atoms with Crippen molar-refractivity contribution in [2.75, 3.05) is 23.0 Å². The number of nitrogens with zero attached hydrogens (tertiary/aromatic N) is 5. The fraction of sp³-hybridized carbons (Fsp3) is 0.242. The zero-order valence-corrected chi connectivity index (χ0v) is 25.7. The number of hydrogen-bond acceptors (Lipinski definition) is 7. The topological polar surface area (TPSA) is 128 Å². The number of nitrogen functional groups attached to an aromatic ring is 1. The zero-order chi connectivity index (χ0) is 31.0. The normalized spacial score (nSPS) is 15.4. The molecular weight excluding hydrogens is 574 g/mol. The van der Waals surface area contributed by atoms with Crippen LogP contribution in [0.2, 0.25) is 0 Å². The lowest BCUT2D eigenvalue weighted by atomic mass is 9.86. The fourth-order valence-corrected chi connectivity index (χ4v) is 7.82. The molecule has 0 bridgehead atoms. The van der Waals surface area contributed by atoms with E-state index in [0.29, 0.717) is 40.2 Å². The molecule has 7 rings (SSSR count). The van der Waals surface area contributed by atoms with Crippen LogP contribution >= 0.6 is 0 Å². The number of aromatic nitrogens is 4. The number of nitrogens with two attached hydrogens (primary N) is 1. The van der Waals surface area contributed by atoms with Gasteiger partial charge in [0.2, 0.25) is 15.7 Å². The Bertz CT molecular complexity index is 1900. The summed E-state index contributed by atoms with van der Waals surface area (Å²) >= 11 is 0. The number of carbonyl (C=O) groups excluding carboxylic acids is 1. The van der Waals surface area contributed by atoms with Crippen molar-refractivity contribution < 1.29 is 13.2 Å². The first-order chi connectivity index (χ1) is 21.1. The van der Waals surface area contributed by atoms with Gasteiger partial charge in [0.15, 0.2) is 5.82 Å². The van der Waals surface area contributed by atoms with Crippen LogP contribution in [0.4, 0.5) is 23.0 Å². The molecule has 0 saturated carbocycles. The van der Waals surface area contributed by atoms with Crippen LogP contribution in [0.15, 0.2) is 101 Å². The SMILES string of the molecule is CN1c2ccccc2S(=O)(=O)c2ccc(C(CC3Cc4ccccc4C3)C(=O)Nc3ccn(C)n3)cc21.Cn1ccc(N)n1. The average Bonchev–Trinajstić information content (AvgIpc) is 3.73. The van der Waals surface area contributed by atoms with Gasteiger partial charge in [-0.3, -0.25) is 14.2 Å². The molecule has 0 saturated heterocycles. The highest BCUT2D eigenvalue weighted by Gasteiger charge is 2.35. The van der Waals surface area contributed by atoms with E-state index in [1.54, 1.807) is 65.2 Å². The molecule has 44 heavy (non-hydrogen) atoms. The third kappa shape index (κ3) is 5.70. The highest BCUT2D eigenvalue weighted by atomic mass is 32.2. The molecule has 1 atom stereocenters. The minimum Gasteiger partial charge on any atom is -0.382 e. The molecule has 3 heterocycles. The van der Waals surface area contributed by atoms with Crippen LogP contribution in [0.1, 0.15) is 29.0 Å². The van der Waals surface area contributed by atoms with Gasteiger partial charge >= 0.3 is 0 Å². The molecule has 3 aromatic carbocycles. The third-order valence-corrected chi connectivity index (χ3v) is 10.1. The van der Waals surface area contributed by atoms with Gasteiger partial charge in [0, 0.05) is 39.6 Å². The number of sulfone groups is 1. The first-order valence-electron chi connectivity index (χ1n) is 14.4. The van der Waals surface area contributed by atoms with Gasteiger partial charge in [0.05, 0.1) is 27.1 Å². The summed E-state index contributed by atoms with van der Waals surface area (Å²) in [7, 11) is 1.85. The second-order valence-electron chi connectivity index (χ2n) is 11.4. The summed E-state index contributed by atoms with van der Waals surface area (Å²) in [6.07, 6.45) is 6.09. The van der Waals surface area contributed by atoms with Crippen molar-refractivity contribution in [2.45, 2.75) is 35.0 Å². The molecule has 1 aliphatic carbocycles. The monoisotopic (exact) mass is 609 g/mol. The van der Waals surface area contributed by atoms with Gasteiger partial charge in [0.25, 0.3) is 0 Å². The molecule has 2 aliphatic rings. The maximum absolute atomic E-state index is 13.7. The predicted molar refractivity (Wildman–Crippen MR) is 171 cm³/mol. The standard InChI is InChI=1S/C29H28N4O3S.C4H7N3/c1-32-14-13-28(31-32)30-29(34)23(17-19-15-20-7-3-4-8-21(20)16-19)22-11-12-27-25(18-22)33(2)24-9-5-6-10-26(24)37(27,35)36;1-7-3-2-4(5)6-7/h3-14,18-19,23H,15-17H2,1-2H3,(H,30,31,34);2-3H,1H3,(H2,5,6). The Balaban J connectivity index is 0.000000433. The van der Waals surface area contributed by atoms with E-state index >= 15 is 0 Å². The van der Waals surface area contributed by atoms with Crippen molar-refractivity contribution in [1.29, 1.82) is 0 Å². The van der Waals surface area contributed by atoms with Crippen molar-refractivity contribution in [3.05, 3.63) is 108 Å².